The predicted molar refractivity (Wildman–Crippen MR) is 272 cm³/mol. The average molecular weight is 1120 g/mol. The molecule has 3 aliphatic heterocycles. The highest BCUT2D eigenvalue weighted by atomic mass is 19.4. The number of fused-ring (bicyclic) bond motifs is 2. The Morgan fingerprint density at radius 2 is 1.44 bits per heavy atom. The monoisotopic (exact) mass is 1120 g/mol. The first-order valence-electron chi connectivity index (χ1n) is 25.5. The summed E-state index contributed by atoms with van der Waals surface area (Å²) in [5.41, 5.74) is -0.152. The first-order valence-corrected chi connectivity index (χ1v) is 25.5. The van der Waals surface area contributed by atoms with Crippen LogP contribution in [0.25, 0.3) is 11.3 Å². The Morgan fingerprint density at radius 3 is 2.00 bits per heavy atom. The molecule has 2 aromatic heterocycles. The van der Waals surface area contributed by atoms with Crippen LogP contribution in [0.5, 0.6) is 0 Å². The predicted octanol–water partition coefficient (Wildman–Crippen LogP) is 5.34. The van der Waals surface area contributed by atoms with E-state index in [1.807, 2.05) is 29.6 Å². The highest BCUT2D eigenvalue weighted by Gasteiger charge is 2.56. The number of nitrogens with zero attached hydrogens (tertiary/aromatic N) is 7. The van der Waals surface area contributed by atoms with E-state index in [0.717, 1.165) is 80.8 Å². The molecule has 3 aliphatic rings. The number of aromatic nitrogens is 4. The summed E-state index contributed by atoms with van der Waals surface area (Å²) in [4.78, 5) is 66.6. The van der Waals surface area contributed by atoms with Crippen molar-refractivity contribution in [3.05, 3.63) is 94.9 Å². The minimum Gasteiger partial charge on any atom is -0.453 e. The molecule has 2 aromatic carbocycles. The molecular weight excluding hydrogens is 1050 g/mol. The SMILES string of the molecule is COC(=O)N[C@H](C(=O)NN(Cc1c(F)cc(-c2ccn(CC(F)F)n2)cc1F)C[C@@H](O)CNC(=O)[C@@H](NC(=O)OC)C(C)(C)C(F)(F)F)C(C)(C)CCc1ccc(C#Cc2cnc(N3CC4CCC(C3)N4C3COC3)nc2)cc1. The van der Waals surface area contributed by atoms with Crippen LogP contribution < -0.4 is 26.3 Å². The van der Waals surface area contributed by atoms with Gasteiger partial charge in [0.15, 0.2) is 0 Å². The van der Waals surface area contributed by atoms with Gasteiger partial charge >= 0.3 is 18.4 Å². The van der Waals surface area contributed by atoms with Crippen LogP contribution in [-0.4, -0.2) is 161 Å². The summed E-state index contributed by atoms with van der Waals surface area (Å²) >= 11 is 0. The van der Waals surface area contributed by atoms with Crippen molar-refractivity contribution in [1.82, 2.24) is 51.0 Å². The fraction of sp³-hybridized carbons (Fsp3) is 0.528. The zero-order chi connectivity index (χ0) is 57.4. The number of carbonyl (C=O) groups is 4. The Balaban J connectivity index is 1.04. The number of hydrogen-bond donors (Lipinski definition) is 5. The van der Waals surface area contributed by atoms with E-state index in [1.54, 1.807) is 26.2 Å². The molecule has 0 radical (unpaired) electrons. The van der Waals surface area contributed by atoms with E-state index in [-0.39, 0.29) is 17.7 Å². The molecule has 5 heterocycles. The smallest absolute Gasteiger partial charge is 0.407 e. The number of piperazine rings is 1. The maximum absolute atomic E-state index is 16.0. The van der Waals surface area contributed by atoms with E-state index >= 15 is 8.78 Å². The number of halogens is 7. The number of alkyl halides is 5. The Kier molecular flexibility index (Phi) is 19.1. The van der Waals surface area contributed by atoms with Crippen molar-refractivity contribution >= 4 is 29.9 Å². The summed E-state index contributed by atoms with van der Waals surface area (Å²) in [5.74, 6) is 2.19. The molecule has 0 aliphatic carbocycles. The number of rotatable bonds is 21. The molecule has 4 aromatic rings. The van der Waals surface area contributed by atoms with Gasteiger partial charge in [-0.3, -0.25) is 24.6 Å². The van der Waals surface area contributed by atoms with E-state index in [9.17, 15) is 46.2 Å². The minimum absolute atomic E-state index is 0.0439. The first-order chi connectivity index (χ1) is 37.3. The second-order valence-electron chi connectivity index (χ2n) is 21.0. The molecule has 3 saturated heterocycles. The van der Waals surface area contributed by atoms with Crippen molar-refractivity contribution in [2.75, 3.05) is 58.5 Å². The summed E-state index contributed by atoms with van der Waals surface area (Å²) < 4.78 is 116. The van der Waals surface area contributed by atoms with Gasteiger partial charge in [0.2, 0.25) is 11.9 Å². The minimum atomic E-state index is -5.03. The number of carbonyl (C=O) groups excluding carboxylic acids is 4. The number of hydrogen-bond acceptors (Lipinski definition) is 14. The van der Waals surface area contributed by atoms with Crippen LogP contribution in [0.3, 0.4) is 0 Å². The van der Waals surface area contributed by atoms with Crippen LogP contribution in [0.1, 0.15) is 69.2 Å². The van der Waals surface area contributed by atoms with Crippen molar-refractivity contribution in [3.8, 4) is 23.1 Å². The van der Waals surface area contributed by atoms with E-state index < -0.39 is 109 Å². The Bertz CT molecular complexity index is 2800. The van der Waals surface area contributed by atoms with Crippen molar-refractivity contribution in [1.29, 1.82) is 0 Å². The average Bonchev–Trinajstić information content (AvgIpc) is 4.01. The van der Waals surface area contributed by atoms with Crippen molar-refractivity contribution in [2.24, 2.45) is 10.8 Å². The second kappa shape index (κ2) is 25.4. The number of anilines is 1. The highest BCUT2D eigenvalue weighted by molar-refractivity contribution is 5.87. The van der Waals surface area contributed by atoms with E-state index in [4.69, 9.17) is 9.47 Å². The molecule has 19 nitrogen and oxygen atoms in total. The van der Waals surface area contributed by atoms with E-state index in [1.165, 1.54) is 12.3 Å². The van der Waals surface area contributed by atoms with Gasteiger partial charge < -0.3 is 40.2 Å². The fourth-order valence-corrected chi connectivity index (χ4v) is 9.72. The third-order valence-electron chi connectivity index (χ3n) is 14.5. The van der Waals surface area contributed by atoms with Gasteiger partial charge in [-0.1, -0.05) is 37.8 Å². The summed E-state index contributed by atoms with van der Waals surface area (Å²) in [6, 6.07) is 8.09. The van der Waals surface area contributed by atoms with Crippen LogP contribution in [0.4, 0.5) is 46.3 Å². The van der Waals surface area contributed by atoms with Crippen LogP contribution >= 0.6 is 0 Å². The third-order valence-corrected chi connectivity index (χ3v) is 14.5. The molecule has 79 heavy (non-hydrogen) atoms. The van der Waals surface area contributed by atoms with Gasteiger partial charge in [0, 0.05) is 80.1 Å². The number of amides is 4. The summed E-state index contributed by atoms with van der Waals surface area (Å²) in [6.45, 7) is 4.78. The standard InChI is InChI=1S/C53H64F7N11O8/c1-51(2,17-15-32-9-7-31(8-10-32)11-12-33-21-62-48(63-22-33)68-24-35-13-14-36(25-68)71(35)37-29-79-30-37)44(64-49(75)77-5)47(74)67-70(26-38(72)23-61-46(73)45(65-50(76)78-6)52(3,4)53(58,59)60)27-39-40(54)19-34(20-41(39)55)42-16-18-69(66-42)28-43(56)57/h7-10,16,18-22,35-38,43-45,72H,13-15,17,23-30H2,1-6H3,(H,61,73)(H,64,75)(H,65,76)(H,67,74)/t35?,36?,38-,44+,45+/m0/s1. The molecular formula is C53H64F7N11O8. The van der Waals surface area contributed by atoms with Gasteiger partial charge in [-0.15, -0.1) is 0 Å². The highest BCUT2D eigenvalue weighted by Crippen LogP contribution is 2.41. The number of aliphatic hydroxyl groups is 1. The fourth-order valence-electron chi connectivity index (χ4n) is 9.72. The lowest BCUT2D eigenvalue weighted by Crippen LogP contribution is -2.62. The van der Waals surface area contributed by atoms with Crippen LogP contribution in [0.15, 0.2) is 61.1 Å². The van der Waals surface area contributed by atoms with Crippen molar-refractivity contribution in [2.45, 2.75) is 115 Å². The van der Waals surface area contributed by atoms with Crippen LogP contribution in [-0.2, 0) is 43.3 Å². The number of aryl methyl sites for hydroxylation is 1. The second-order valence-corrected chi connectivity index (χ2v) is 21.0. The van der Waals surface area contributed by atoms with Gasteiger partial charge in [0.1, 0.15) is 30.3 Å². The summed E-state index contributed by atoms with van der Waals surface area (Å²) in [6.07, 6.45) is -4.43. The number of hydrazine groups is 1. The number of nitrogens with one attached hydrogen (secondary N) is 4. The van der Waals surface area contributed by atoms with E-state index in [0.29, 0.717) is 55.5 Å². The zero-order valence-electron chi connectivity index (χ0n) is 44.4. The number of alkyl carbamates (subject to hydrolysis) is 2. The molecule has 0 spiro atoms. The zero-order valence-corrected chi connectivity index (χ0v) is 44.4. The number of methoxy groups -OCH3 is 2. The quantitative estimate of drug-likeness (QED) is 0.0405. The van der Waals surface area contributed by atoms with Crippen LogP contribution in [0.2, 0.25) is 0 Å². The molecule has 4 amide bonds. The molecule has 5 N–H and O–H groups in total. The first kappa shape index (κ1) is 59.6. The van der Waals surface area contributed by atoms with Crippen molar-refractivity contribution < 1.29 is 69.2 Å². The van der Waals surface area contributed by atoms with Gasteiger partial charge in [-0.05, 0) is 80.8 Å². The molecule has 2 bridgehead atoms. The summed E-state index contributed by atoms with van der Waals surface area (Å²) in [7, 11) is 1.94. The lowest BCUT2D eigenvalue weighted by molar-refractivity contribution is -0.220. The maximum atomic E-state index is 16.0. The molecule has 5 atom stereocenters. The maximum Gasteiger partial charge on any atom is 0.407 e. The Labute approximate surface area is 451 Å². The molecule has 7 rings (SSSR count). The van der Waals surface area contributed by atoms with Gasteiger partial charge in [-0.25, -0.2) is 42.1 Å². The normalized spacial score (nSPS) is 18.0. The van der Waals surface area contributed by atoms with Crippen molar-refractivity contribution in [3.63, 3.8) is 0 Å². The summed E-state index contributed by atoms with van der Waals surface area (Å²) in [5, 5.41) is 22.5. The largest absolute Gasteiger partial charge is 0.453 e. The molecule has 0 saturated carbocycles. The molecule has 428 valence electrons. The number of benzene rings is 2. The lowest BCUT2D eigenvalue weighted by Gasteiger charge is -2.47. The number of ether oxygens (including phenoxy) is 3. The van der Waals surface area contributed by atoms with Gasteiger partial charge in [-0.2, -0.15) is 18.3 Å². The molecule has 2 unspecified atom stereocenters. The number of aliphatic hydroxyl groups excluding tert-OH is 1. The topological polar surface area (TPSA) is 218 Å². The third kappa shape index (κ3) is 15.0. The molecule has 26 heteroatoms. The van der Waals surface area contributed by atoms with E-state index in [2.05, 4.69) is 57.5 Å². The van der Waals surface area contributed by atoms with Crippen LogP contribution in [0, 0.1) is 34.3 Å². The van der Waals surface area contributed by atoms with Gasteiger partial charge in [0.05, 0.1) is 56.3 Å². The molecule has 3 fully saturated rings. The lowest BCUT2D eigenvalue weighted by atomic mass is 9.78. The van der Waals surface area contributed by atoms with Gasteiger partial charge in [0.25, 0.3) is 12.3 Å². The Hall–Kier alpha value is -7.08. The Morgan fingerprint density at radius 1 is 0.848 bits per heavy atom.